The second-order valence-corrected chi connectivity index (χ2v) is 5.14. The summed E-state index contributed by atoms with van der Waals surface area (Å²) in [5.41, 5.74) is 11.5. The summed E-state index contributed by atoms with van der Waals surface area (Å²) in [6, 6.07) is 7.06. The predicted octanol–water partition coefficient (Wildman–Crippen LogP) is 0.301. The quantitative estimate of drug-likeness (QED) is 0.629. The highest BCUT2D eigenvalue weighted by Crippen LogP contribution is 2.08. The van der Waals surface area contributed by atoms with Crippen LogP contribution in [0.15, 0.2) is 30.3 Å². The van der Waals surface area contributed by atoms with Crippen LogP contribution < -0.4 is 11.5 Å². The van der Waals surface area contributed by atoms with E-state index in [0.29, 0.717) is 0 Å². The second kappa shape index (κ2) is 8.74. The number of amides is 2. The van der Waals surface area contributed by atoms with E-state index in [4.69, 9.17) is 21.3 Å². The molecule has 0 aliphatic heterocycles. The SMILES string of the molecule is C[C@@H](C(=O)O)N(C[C@H](N)CC(N)=O)C(=O)OCc1ccccc1. The summed E-state index contributed by atoms with van der Waals surface area (Å²) < 4.78 is 5.12. The molecule has 5 N–H and O–H groups in total. The minimum Gasteiger partial charge on any atom is -0.480 e. The van der Waals surface area contributed by atoms with Crippen LogP contribution in [0, 0.1) is 0 Å². The van der Waals surface area contributed by atoms with Crippen LogP contribution in [0.2, 0.25) is 0 Å². The van der Waals surface area contributed by atoms with E-state index in [-0.39, 0.29) is 19.6 Å². The molecule has 0 bridgehead atoms. The Labute approximate surface area is 134 Å². The minimum absolute atomic E-state index is 0.00751. The van der Waals surface area contributed by atoms with Gasteiger partial charge in [-0.1, -0.05) is 30.3 Å². The van der Waals surface area contributed by atoms with Gasteiger partial charge in [0.2, 0.25) is 5.91 Å². The molecule has 23 heavy (non-hydrogen) atoms. The lowest BCUT2D eigenvalue weighted by Gasteiger charge is -2.28. The molecule has 126 valence electrons. The van der Waals surface area contributed by atoms with Crippen LogP contribution >= 0.6 is 0 Å². The van der Waals surface area contributed by atoms with Gasteiger partial charge in [-0.25, -0.2) is 9.59 Å². The van der Waals surface area contributed by atoms with E-state index in [0.717, 1.165) is 10.5 Å². The molecule has 0 aliphatic rings. The maximum absolute atomic E-state index is 12.2. The van der Waals surface area contributed by atoms with E-state index < -0.39 is 30.1 Å². The third-order valence-electron chi connectivity index (χ3n) is 3.16. The summed E-state index contributed by atoms with van der Waals surface area (Å²) in [5.74, 6) is -1.83. The van der Waals surface area contributed by atoms with E-state index in [1.165, 1.54) is 6.92 Å². The molecule has 1 rings (SSSR count). The predicted molar refractivity (Wildman–Crippen MR) is 82.2 cm³/mol. The summed E-state index contributed by atoms with van der Waals surface area (Å²) in [7, 11) is 0. The second-order valence-electron chi connectivity index (χ2n) is 5.14. The largest absolute Gasteiger partial charge is 0.480 e. The summed E-state index contributed by atoms with van der Waals surface area (Å²) in [5, 5.41) is 9.10. The zero-order chi connectivity index (χ0) is 17.4. The van der Waals surface area contributed by atoms with Crippen molar-refractivity contribution in [1.29, 1.82) is 0 Å². The molecule has 0 saturated carbocycles. The van der Waals surface area contributed by atoms with E-state index in [2.05, 4.69) is 0 Å². The first-order valence-electron chi connectivity index (χ1n) is 7.05. The van der Waals surface area contributed by atoms with Crippen LogP contribution in [0.1, 0.15) is 18.9 Å². The number of ether oxygens (including phenoxy) is 1. The van der Waals surface area contributed by atoms with Crippen molar-refractivity contribution in [3.05, 3.63) is 35.9 Å². The number of rotatable bonds is 8. The monoisotopic (exact) mass is 323 g/mol. The maximum atomic E-state index is 12.2. The lowest BCUT2D eigenvalue weighted by molar-refractivity contribution is -0.142. The van der Waals surface area contributed by atoms with Crippen molar-refractivity contribution in [2.24, 2.45) is 11.5 Å². The number of carbonyl (C=O) groups excluding carboxylic acids is 2. The molecule has 2 amide bonds. The molecular formula is C15H21N3O5. The van der Waals surface area contributed by atoms with Gasteiger partial charge in [-0.15, -0.1) is 0 Å². The third kappa shape index (κ3) is 6.35. The van der Waals surface area contributed by atoms with Crippen LogP contribution in [0.25, 0.3) is 0 Å². The highest BCUT2D eigenvalue weighted by Gasteiger charge is 2.28. The lowest BCUT2D eigenvalue weighted by atomic mass is 10.2. The van der Waals surface area contributed by atoms with Crippen molar-refractivity contribution in [3.8, 4) is 0 Å². The van der Waals surface area contributed by atoms with Gasteiger partial charge < -0.3 is 21.3 Å². The molecule has 8 heteroatoms. The Balaban J connectivity index is 2.71. The summed E-state index contributed by atoms with van der Waals surface area (Å²) in [6.07, 6.45) is -0.974. The Hall–Kier alpha value is -2.61. The van der Waals surface area contributed by atoms with Crippen LogP contribution in [-0.2, 0) is 20.9 Å². The molecule has 1 aromatic carbocycles. The van der Waals surface area contributed by atoms with Crippen LogP contribution in [0.4, 0.5) is 4.79 Å². The van der Waals surface area contributed by atoms with Gasteiger partial charge in [0.1, 0.15) is 12.6 Å². The zero-order valence-corrected chi connectivity index (χ0v) is 12.8. The molecule has 0 fully saturated rings. The van der Waals surface area contributed by atoms with Crippen LogP contribution in [-0.4, -0.2) is 46.6 Å². The highest BCUT2D eigenvalue weighted by atomic mass is 16.6. The topological polar surface area (TPSA) is 136 Å². The van der Waals surface area contributed by atoms with Gasteiger partial charge in [-0.2, -0.15) is 0 Å². The number of hydrogen-bond donors (Lipinski definition) is 3. The standard InChI is InChI=1S/C15H21N3O5/c1-10(14(20)21)18(8-12(16)7-13(17)19)15(22)23-9-11-5-3-2-4-6-11/h2-6,10,12H,7-9,16H2,1H3,(H2,17,19)(H,20,21)/t10-,12+/m0/s1. The first-order valence-corrected chi connectivity index (χ1v) is 7.05. The normalized spacial score (nSPS) is 13.0. The molecule has 0 aromatic heterocycles. The van der Waals surface area contributed by atoms with E-state index >= 15 is 0 Å². The van der Waals surface area contributed by atoms with Crippen LogP contribution in [0.5, 0.6) is 0 Å². The fourth-order valence-corrected chi connectivity index (χ4v) is 1.90. The van der Waals surface area contributed by atoms with Gasteiger partial charge in [0.05, 0.1) is 0 Å². The Morgan fingerprint density at radius 1 is 1.26 bits per heavy atom. The van der Waals surface area contributed by atoms with Gasteiger partial charge >= 0.3 is 12.1 Å². The first kappa shape index (κ1) is 18.4. The number of nitrogens with zero attached hydrogens (tertiary/aromatic N) is 1. The average molecular weight is 323 g/mol. The van der Waals surface area contributed by atoms with Crippen LogP contribution in [0.3, 0.4) is 0 Å². The number of hydrogen-bond acceptors (Lipinski definition) is 5. The Morgan fingerprint density at radius 2 is 1.87 bits per heavy atom. The number of benzene rings is 1. The van der Waals surface area contributed by atoms with E-state index in [1.54, 1.807) is 24.3 Å². The third-order valence-corrected chi connectivity index (χ3v) is 3.16. The molecule has 2 atom stereocenters. The van der Waals surface area contributed by atoms with Crippen molar-refractivity contribution in [1.82, 2.24) is 4.90 Å². The zero-order valence-electron chi connectivity index (χ0n) is 12.8. The molecule has 0 unspecified atom stereocenters. The summed E-state index contributed by atoms with van der Waals surface area (Å²) in [6.45, 7) is 1.20. The van der Waals surface area contributed by atoms with Gasteiger partial charge in [0, 0.05) is 19.0 Å². The lowest BCUT2D eigenvalue weighted by Crippen LogP contribution is -2.49. The van der Waals surface area contributed by atoms with Crippen molar-refractivity contribution >= 4 is 18.0 Å². The summed E-state index contributed by atoms with van der Waals surface area (Å²) in [4.78, 5) is 35.1. The van der Waals surface area contributed by atoms with Crippen molar-refractivity contribution in [3.63, 3.8) is 0 Å². The number of carboxylic acid groups (broad SMARTS) is 1. The Morgan fingerprint density at radius 3 is 2.39 bits per heavy atom. The fraction of sp³-hybridized carbons (Fsp3) is 0.400. The molecule has 0 heterocycles. The number of nitrogens with two attached hydrogens (primary N) is 2. The molecule has 0 saturated heterocycles. The minimum atomic E-state index is -1.20. The fourth-order valence-electron chi connectivity index (χ4n) is 1.90. The Kier molecular flexibility index (Phi) is 7.01. The van der Waals surface area contributed by atoms with Crippen molar-refractivity contribution in [2.45, 2.75) is 32.0 Å². The molecular weight excluding hydrogens is 302 g/mol. The number of aliphatic carboxylic acids is 1. The first-order chi connectivity index (χ1) is 10.8. The van der Waals surface area contributed by atoms with Crippen molar-refractivity contribution in [2.75, 3.05) is 6.54 Å². The molecule has 0 radical (unpaired) electrons. The highest BCUT2D eigenvalue weighted by molar-refractivity contribution is 5.80. The summed E-state index contributed by atoms with van der Waals surface area (Å²) >= 11 is 0. The van der Waals surface area contributed by atoms with Crippen molar-refractivity contribution < 1.29 is 24.2 Å². The maximum Gasteiger partial charge on any atom is 0.410 e. The molecule has 1 aromatic rings. The Bertz CT molecular complexity index is 549. The van der Waals surface area contributed by atoms with E-state index in [1.807, 2.05) is 6.07 Å². The van der Waals surface area contributed by atoms with E-state index in [9.17, 15) is 14.4 Å². The average Bonchev–Trinajstić information content (AvgIpc) is 2.49. The van der Waals surface area contributed by atoms with Gasteiger partial charge in [0.25, 0.3) is 0 Å². The molecule has 0 spiro atoms. The molecule has 0 aliphatic carbocycles. The van der Waals surface area contributed by atoms with Gasteiger partial charge in [-0.3, -0.25) is 9.69 Å². The number of primary amides is 1. The molecule has 8 nitrogen and oxygen atoms in total. The van der Waals surface area contributed by atoms with Gasteiger partial charge in [-0.05, 0) is 12.5 Å². The number of carboxylic acids is 1. The van der Waals surface area contributed by atoms with Gasteiger partial charge in [0.15, 0.2) is 0 Å². The number of carbonyl (C=O) groups is 3. The smallest absolute Gasteiger partial charge is 0.410 e.